The molecule has 2 rings (SSSR count). The Balaban J connectivity index is 1.75. The lowest BCUT2D eigenvalue weighted by molar-refractivity contribution is -0.282. The van der Waals surface area contributed by atoms with E-state index >= 15 is 0 Å². The molecule has 5 N–H and O–H groups in total. The summed E-state index contributed by atoms with van der Waals surface area (Å²) >= 11 is 5.28. The van der Waals surface area contributed by atoms with Crippen LogP contribution in [0.1, 0.15) is 73.6 Å². The Bertz CT molecular complexity index is 875. The lowest BCUT2D eigenvalue weighted by atomic mass is 9.92. The minimum atomic E-state index is -3.59. The van der Waals surface area contributed by atoms with Gasteiger partial charge in [0.25, 0.3) is 0 Å². The molecule has 0 radical (unpaired) electrons. The maximum Gasteiger partial charge on any atom is 0.325 e. The lowest BCUT2D eigenvalue weighted by Gasteiger charge is -2.40. The van der Waals surface area contributed by atoms with Gasteiger partial charge in [-0.25, -0.2) is 0 Å². The number of carbonyl (C=O) groups excluding carboxylic acids is 1. The van der Waals surface area contributed by atoms with Gasteiger partial charge in [-0.15, -0.1) is 0 Å². The molecule has 254 valence electrons. The van der Waals surface area contributed by atoms with E-state index in [2.05, 4.69) is 5.32 Å². The maximum absolute atomic E-state index is 12.4. The second-order valence-corrected chi connectivity index (χ2v) is 15.1. The van der Waals surface area contributed by atoms with Gasteiger partial charge < -0.3 is 53.7 Å². The zero-order valence-electron chi connectivity index (χ0n) is 26.5. The first-order chi connectivity index (χ1) is 20.1. The summed E-state index contributed by atoms with van der Waals surface area (Å²) in [7, 11) is 1.55. The van der Waals surface area contributed by atoms with Gasteiger partial charge in [-0.3, -0.25) is 9.32 Å². The molecular formula is C28H54NO12PS. The third-order valence-electron chi connectivity index (χ3n) is 7.17. The Morgan fingerprint density at radius 3 is 2.35 bits per heavy atom. The average molecular weight is 660 g/mol. The minimum absolute atomic E-state index is 0.0289. The summed E-state index contributed by atoms with van der Waals surface area (Å²) in [6.45, 7) is 7.89. The molecule has 0 spiro atoms. The van der Waals surface area contributed by atoms with E-state index in [1.807, 2.05) is 13.8 Å². The fourth-order valence-electron chi connectivity index (χ4n) is 5.01. The van der Waals surface area contributed by atoms with E-state index in [0.717, 1.165) is 0 Å². The molecule has 0 bridgehead atoms. The highest BCUT2D eigenvalue weighted by Crippen LogP contribution is 2.51. The van der Waals surface area contributed by atoms with Crippen LogP contribution < -0.4 is 5.32 Å². The largest absolute Gasteiger partial charge is 0.394 e. The zero-order valence-corrected chi connectivity index (χ0v) is 28.3. The number of aliphatic hydroxyl groups excluding tert-OH is 3. The Labute approximate surface area is 261 Å². The summed E-state index contributed by atoms with van der Waals surface area (Å²) in [5, 5.41) is 32.3. The van der Waals surface area contributed by atoms with E-state index in [-0.39, 0.29) is 24.7 Å². The topological polar surface area (TPSA) is 175 Å². The van der Waals surface area contributed by atoms with Crippen LogP contribution >= 0.6 is 6.72 Å². The van der Waals surface area contributed by atoms with E-state index in [1.165, 1.54) is 0 Å². The second-order valence-electron chi connectivity index (χ2n) is 12.4. The molecule has 15 heteroatoms. The van der Waals surface area contributed by atoms with Crippen molar-refractivity contribution in [1.29, 1.82) is 0 Å². The van der Waals surface area contributed by atoms with E-state index in [9.17, 15) is 25.0 Å². The number of hydrogen-bond acceptors (Lipinski definition) is 12. The minimum Gasteiger partial charge on any atom is -0.394 e. The summed E-state index contributed by atoms with van der Waals surface area (Å²) in [5.41, 5.74) is -0.693. The highest BCUT2D eigenvalue weighted by atomic mass is 32.5. The van der Waals surface area contributed by atoms with Gasteiger partial charge in [-0.05, 0) is 72.1 Å². The van der Waals surface area contributed by atoms with Crippen LogP contribution in [0, 0.1) is 5.92 Å². The Morgan fingerprint density at radius 2 is 1.74 bits per heavy atom. The zero-order chi connectivity index (χ0) is 32.4. The van der Waals surface area contributed by atoms with Crippen molar-refractivity contribution in [3.05, 3.63) is 0 Å². The SMILES string of the molecule is CO[C@H]1C(OP(O)(=S)OC(C)(C)C)[C@@H](COC(C)C)O[C@H]1CCCNC(=O)CCCCO[C@@H]1O[C@H](CO)[C@H](O)[C@H](O)[C@H]1C. The Kier molecular flexibility index (Phi) is 16.4. The number of unbranched alkanes of at least 4 members (excludes halogenated alkanes) is 1. The summed E-state index contributed by atoms with van der Waals surface area (Å²) < 4.78 is 40.5. The van der Waals surface area contributed by atoms with Crippen molar-refractivity contribution < 1.29 is 57.7 Å². The van der Waals surface area contributed by atoms with E-state index in [1.54, 1.807) is 34.8 Å². The van der Waals surface area contributed by atoms with Crippen molar-refractivity contribution >= 4 is 24.4 Å². The average Bonchev–Trinajstić information content (AvgIpc) is 3.23. The Morgan fingerprint density at radius 1 is 1.05 bits per heavy atom. The van der Waals surface area contributed by atoms with Crippen molar-refractivity contribution in [2.24, 2.45) is 5.92 Å². The van der Waals surface area contributed by atoms with Crippen LogP contribution in [0.3, 0.4) is 0 Å². The molecule has 0 aromatic carbocycles. The Hall–Kier alpha value is -0.320. The van der Waals surface area contributed by atoms with Crippen molar-refractivity contribution in [2.75, 3.05) is 33.5 Å². The first-order valence-electron chi connectivity index (χ1n) is 15.1. The maximum atomic E-state index is 12.4. The van der Waals surface area contributed by atoms with Gasteiger partial charge in [-0.1, -0.05) is 6.92 Å². The van der Waals surface area contributed by atoms with Gasteiger partial charge in [0.2, 0.25) is 5.91 Å². The van der Waals surface area contributed by atoms with Crippen molar-refractivity contribution in [3.8, 4) is 0 Å². The quantitative estimate of drug-likeness (QED) is 0.107. The molecule has 2 unspecified atom stereocenters. The number of amides is 1. The summed E-state index contributed by atoms with van der Waals surface area (Å²) in [5.74, 6) is -0.537. The van der Waals surface area contributed by atoms with Crippen LogP contribution in [0.25, 0.3) is 0 Å². The van der Waals surface area contributed by atoms with Crippen LogP contribution in [0.4, 0.5) is 0 Å². The molecule has 10 atom stereocenters. The van der Waals surface area contributed by atoms with Crippen LogP contribution in [0.15, 0.2) is 0 Å². The van der Waals surface area contributed by atoms with E-state index < -0.39 is 67.8 Å². The fraction of sp³-hybridized carbons (Fsp3) is 0.964. The first-order valence-corrected chi connectivity index (χ1v) is 17.7. The third-order valence-corrected chi connectivity index (χ3v) is 8.94. The molecule has 43 heavy (non-hydrogen) atoms. The monoisotopic (exact) mass is 659 g/mol. The highest BCUT2D eigenvalue weighted by Gasteiger charge is 2.48. The van der Waals surface area contributed by atoms with Gasteiger partial charge in [0, 0.05) is 32.6 Å². The smallest absolute Gasteiger partial charge is 0.325 e. The second kappa shape index (κ2) is 18.1. The number of rotatable bonds is 18. The molecule has 0 aromatic rings. The number of ether oxygens (including phenoxy) is 5. The standard InChI is InChI=1S/C28H54NO12PS/c1-17(2)37-16-21-26(40-42(34,43)41-28(4,5)6)25(35-7)19(38-21)11-10-13-29-22(31)12-8-9-14-36-27-18(3)23(32)24(33)20(15-30)39-27/h17-21,23-27,30,32-33H,8-16H2,1-7H3,(H,29,31)(H,34,43)/t18-,19+,20-,21-,23-,24+,25-,26?,27-,42?/m1/s1. The van der Waals surface area contributed by atoms with E-state index in [0.29, 0.717) is 45.3 Å². The number of carbonyl (C=O) groups is 1. The predicted octanol–water partition coefficient (Wildman–Crippen LogP) is 1.77. The van der Waals surface area contributed by atoms with Crippen molar-refractivity contribution in [2.45, 2.75) is 134 Å². The van der Waals surface area contributed by atoms with E-state index in [4.69, 9.17) is 44.5 Å². The molecule has 1 amide bonds. The normalized spacial score (nSPS) is 33.1. The molecule has 2 saturated heterocycles. The molecule has 0 saturated carbocycles. The molecule has 2 heterocycles. The summed E-state index contributed by atoms with van der Waals surface area (Å²) in [6, 6.07) is 0. The lowest BCUT2D eigenvalue weighted by Crippen LogP contribution is -2.55. The molecular weight excluding hydrogens is 605 g/mol. The molecule has 0 aliphatic carbocycles. The predicted molar refractivity (Wildman–Crippen MR) is 162 cm³/mol. The molecule has 0 aromatic heterocycles. The van der Waals surface area contributed by atoms with Crippen LogP contribution in [-0.2, 0) is 49.3 Å². The van der Waals surface area contributed by atoms with Crippen LogP contribution in [0.2, 0.25) is 0 Å². The highest BCUT2D eigenvalue weighted by molar-refractivity contribution is 8.07. The number of nitrogens with one attached hydrogen (secondary N) is 1. The van der Waals surface area contributed by atoms with Gasteiger partial charge in [0.1, 0.15) is 30.5 Å². The van der Waals surface area contributed by atoms with Crippen molar-refractivity contribution in [1.82, 2.24) is 5.32 Å². The number of hydrogen-bond donors (Lipinski definition) is 5. The molecule has 2 aliphatic rings. The van der Waals surface area contributed by atoms with Gasteiger partial charge >= 0.3 is 6.72 Å². The fourth-order valence-corrected chi connectivity index (χ4v) is 7.28. The summed E-state index contributed by atoms with van der Waals surface area (Å²) in [4.78, 5) is 23.1. The molecule has 2 aliphatic heterocycles. The van der Waals surface area contributed by atoms with Crippen LogP contribution in [-0.4, -0.2) is 120 Å². The first kappa shape index (κ1) is 38.9. The van der Waals surface area contributed by atoms with Gasteiger partial charge in [-0.2, -0.15) is 0 Å². The molecule has 2 fully saturated rings. The van der Waals surface area contributed by atoms with Crippen LogP contribution in [0.5, 0.6) is 0 Å². The third kappa shape index (κ3) is 13.1. The van der Waals surface area contributed by atoms with Crippen molar-refractivity contribution in [3.63, 3.8) is 0 Å². The van der Waals surface area contributed by atoms with Gasteiger partial charge in [0.05, 0.1) is 37.1 Å². The summed E-state index contributed by atoms with van der Waals surface area (Å²) in [6.07, 6.45) is -3.23. The van der Waals surface area contributed by atoms with Gasteiger partial charge in [0.15, 0.2) is 6.29 Å². The number of aliphatic hydroxyl groups is 3. The number of methoxy groups -OCH3 is 1. The molecule has 13 nitrogen and oxygen atoms in total.